The van der Waals surface area contributed by atoms with Crippen LogP contribution in [0.4, 0.5) is 5.69 Å². The van der Waals surface area contributed by atoms with Gasteiger partial charge in [0.15, 0.2) is 6.10 Å². The Hall–Kier alpha value is -2.62. The number of nitrogens with zero attached hydrogens (tertiary/aromatic N) is 1. The van der Waals surface area contributed by atoms with E-state index in [1.807, 2.05) is 39.0 Å². The summed E-state index contributed by atoms with van der Waals surface area (Å²) in [5.41, 5.74) is 2.40. The van der Waals surface area contributed by atoms with Crippen molar-refractivity contribution in [1.82, 2.24) is 4.31 Å². The summed E-state index contributed by atoms with van der Waals surface area (Å²) in [4.78, 5) is 12.9. The zero-order chi connectivity index (χ0) is 23.3. The highest BCUT2D eigenvalue weighted by molar-refractivity contribution is 7.89. The average molecular weight is 463 g/mol. The minimum atomic E-state index is -3.80. The fourth-order valence-electron chi connectivity index (χ4n) is 3.43. The van der Waals surface area contributed by atoms with E-state index >= 15 is 0 Å². The maximum atomic E-state index is 13.2. The van der Waals surface area contributed by atoms with Crippen molar-refractivity contribution in [3.63, 3.8) is 0 Å². The molecule has 8 nitrogen and oxygen atoms in total. The Labute approximate surface area is 189 Å². The van der Waals surface area contributed by atoms with Gasteiger partial charge in [0, 0.05) is 18.8 Å². The van der Waals surface area contributed by atoms with Gasteiger partial charge < -0.3 is 19.5 Å². The van der Waals surface area contributed by atoms with Gasteiger partial charge in [-0.1, -0.05) is 19.1 Å². The van der Waals surface area contributed by atoms with Crippen LogP contribution in [0.15, 0.2) is 41.3 Å². The molecular weight excluding hydrogens is 432 g/mol. The van der Waals surface area contributed by atoms with Crippen LogP contribution >= 0.6 is 0 Å². The van der Waals surface area contributed by atoms with Crippen LogP contribution in [-0.4, -0.2) is 58.1 Å². The SMILES string of the molecule is CC[C@@H](Oc1cccc(C)c1C)C(=O)Nc1ccc(OC)c(S(=O)(=O)N2CCOCC2)c1. The Morgan fingerprint density at radius 3 is 2.53 bits per heavy atom. The minimum Gasteiger partial charge on any atom is -0.495 e. The number of carbonyl (C=O) groups is 1. The standard InChI is InChI=1S/C23H30N2O6S/c1-5-19(31-20-8-6-7-16(2)17(20)3)23(26)24-18-9-10-21(29-4)22(15-18)32(27,28)25-11-13-30-14-12-25/h6-10,15,19H,5,11-14H2,1-4H3,(H,24,26)/t19-/m1/s1. The smallest absolute Gasteiger partial charge is 0.265 e. The van der Waals surface area contributed by atoms with Crippen molar-refractivity contribution in [1.29, 1.82) is 0 Å². The number of anilines is 1. The first-order valence-corrected chi connectivity index (χ1v) is 12.0. The third kappa shape index (κ3) is 5.23. The molecule has 1 aliphatic heterocycles. The van der Waals surface area contributed by atoms with Crippen molar-refractivity contribution in [2.75, 3.05) is 38.7 Å². The molecule has 0 bridgehead atoms. The van der Waals surface area contributed by atoms with Gasteiger partial charge in [0.25, 0.3) is 5.91 Å². The summed E-state index contributed by atoms with van der Waals surface area (Å²) in [6.07, 6.45) is -0.272. The van der Waals surface area contributed by atoms with Crippen molar-refractivity contribution < 1.29 is 27.4 Å². The second-order valence-corrected chi connectivity index (χ2v) is 9.49. The maximum Gasteiger partial charge on any atom is 0.265 e. The number of rotatable bonds is 8. The van der Waals surface area contributed by atoms with Gasteiger partial charge in [0.2, 0.25) is 10.0 Å². The molecule has 3 rings (SSSR count). The number of hydrogen-bond acceptors (Lipinski definition) is 6. The quantitative estimate of drug-likeness (QED) is 0.648. The van der Waals surface area contributed by atoms with E-state index in [2.05, 4.69) is 5.32 Å². The van der Waals surface area contributed by atoms with Gasteiger partial charge in [-0.2, -0.15) is 4.31 Å². The summed E-state index contributed by atoms with van der Waals surface area (Å²) in [5, 5.41) is 2.79. The van der Waals surface area contributed by atoms with Gasteiger partial charge in [-0.3, -0.25) is 4.79 Å². The summed E-state index contributed by atoms with van der Waals surface area (Å²) in [6, 6.07) is 10.3. The number of hydrogen-bond donors (Lipinski definition) is 1. The van der Waals surface area contributed by atoms with Crippen LogP contribution in [0.3, 0.4) is 0 Å². The molecule has 0 radical (unpaired) electrons. The number of morpholine rings is 1. The van der Waals surface area contributed by atoms with Gasteiger partial charge in [-0.05, 0) is 55.7 Å². The van der Waals surface area contributed by atoms with Crippen molar-refractivity contribution in [2.24, 2.45) is 0 Å². The molecule has 2 aromatic carbocycles. The van der Waals surface area contributed by atoms with Crippen LogP contribution in [0.5, 0.6) is 11.5 Å². The number of methoxy groups -OCH3 is 1. The van der Waals surface area contributed by atoms with Crippen molar-refractivity contribution >= 4 is 21.6 Å². The van der Waals surface area contributed by atoms with Gasteiger partial charge in [0.1, 0.15) is 16.4 Å². The van der Waals surface area contributed by atoms with Crippen molar-refractivity contribution in [2.45, 2.75) is 38.2 Å². The summed E-state index contributed by atoms with van der Waals surface area (Å²) in [7, 11) is -2.39. The van der Waals surface area contributed by atoms with E-state index in [1.54, 1.807) is 6.07 Å². The number of ether oxygens (including phenoxy) is 3. The third-order valence-electron chi connectivity index (χ3n) is 5.51. The lowest BCUT2D eigenvalue weighted by Crippen LogP contribution is -2.40. The first-order valence-electron chi connectivity index (χ1n) is 10.6. The van der Waals surface area contributed by atoms with Crippen LogP contribution in [0, 0.1) is 13.8 Å². The van der Waals surface area contributed by atoms with E-state index in [0.29, 0.717) is 31.1 Å². The fourth-order valence-corrected chi connectivity index (χ4v) is 5.02. The summed E-state index contributed by atoms with van der Waals surface area (Å²) in [6.45, 7) is 7.00. The molecule has 1 fully saturated rings. The first kappa shape index (κ1) is 24.0. The number of sulfonamides is 1. The summed E-state index contributed by atoms with van der Waals surface area (Å²) < 4.78 is 44.2. The molecule has 0 saturated carbocycles. The number of amides is 1. The predicted octanol–water partition coefficient (Wildman–Crippen LogP) is 3.13. The van der Waals surface area contributed by atoms with Gasteiger partial charge in [0.05, 0.1) is 20.3 Å². The fraction of sp³-hybridized carbons (Fsp3) is 0.435. The Morgan fingerprint density at radius 1 is 1.16 bits per heavy atom. The van der Waals surface area contributed by atoms with Gasteiger partial charge in [-0.25, -0.2) is 8.42 Å². The Morgan fingerprint density at radius 2 is 1.88 bits per heavy atom. The lowest BCUT2D eigenvalue weighted by Gasteiger charge is -2.27. The molecule has 0 spiro atoms. The van der Waals surface area contributed by atoms with E-state index in [0.717, 1.165) is 11.1 Å². The van der Waals surface area contributed by atoms with E-state index in [9.17, 15) is 13.2 Å². The highest BCUT2D eigenvalue weighted by Crippen LogP contribution is 2.30. The number of carbonyl (C=O) groups excluding carboxylic acids is 1. The second-order valence-electron chi connectivity index (χ2n) is 7.58. The molecule has 9 heteroatoms. The molecular formula is C23H30N2O6S. The third-order valence-corrected chi connectivity index (χ3v) is 7.43. The van der Waals surface area contributed by atoms with E-state index < -0.39 is 16.1 Å². The molecule has 1 N–H and O–H groups in total. The Balaban J connectivity index is 1.82. The van der Waals surface area contributed by atoms with Crippen LogP contribution in [0.25, 0.3) is 0 Å². The topological polar surface area (TPSA) is 94.2 Å². The van der Waals surface area contributed by atoms with E-state index in [-0.39, 0.29) is 29.6 Å². The first-order chi connectivity index (χ1) is 15.3. The lowest BCUT2D eigenvalue weighted by molar-refractivity contribution is -0.122. The van der Waals surface area contributed by atoms with E-state index in [1.165, 1.54) is 23.5 Å². The summed E-state index contributed by atoms with van der Waals surface area (Å²) in [5.74, 6) is 0.513. The highest BCUT2D eigenvalue weighted by atomic mass is 32.2. The molecule has 1 heterocycles. The molecule has 1 atom stereocenters. The van der Waals surface area contributed by atoms with Crippen molar-refractivity contribution in [3.05, 3.63) is 47.5 Å². The molecule has 32 heavy (non-hydrogen) atoms. The maximum absolute atomic E-state index is 13.2. The average Bonchev–Trinajstić information content (AvgIpc) is 2.80. The molecule has 2 aromatic rings. The molecule has 174 valence electrons. The Bertz CT molecular complexity index is 1060. The molecule has 1 saturated heterocycles. The Kier molecular flexibility index (Phi) is 7.76. The van der Waals surface area contributed by atoms with E-state index in [4.69, 9.17) is 14.2 Å². The normalized spacial score (nSPS) is 15.8. The zero-order valence-corrected chi connectivity index (χ0v) is 19.7. The van der Waals surface area contributed by atoms with Crippen LogP contribution in [0.2, 0.25) is 0 Å². The highest BCUT2D eigenvalue weighted by Gasteiger charge is 2.30. The zero-order valence-electron chi connectivity index (χ0n) is 18.9. The number of aryl methyl sites for hydroxylation is 1. The number of nitrogens with one attached hydrogen (secondary N) is 1. The minimum absolute atomic E-state index is 0.00296. The van der Waals surface area contributed by atoms with Gasteiger partial charge >= 0.3 is 0 Å². The van der Waals surface area contributed by atoms with Crippen LogP contribution in [0.1, 0.15) is 24.5 Å². The van der Waals surface area contributed by atoms with Crippen LogP contribution < -0.4 is 14.8 Å². The largest absolute Gasteiger partial charge is 0.495 e. The lowest BCUT2D eigenvalue weighted by atomic mass is 10.1. The molecule has 1 aliphatic rings. The number of benzene rings is 2. The molecule has 1 amide bonds. The molecule has 0 unspecified atom stereocenters. The molecule has 0 aromatic heterocycles. The van der Waals surface area contributed by atoms with Gasteiger partial charge in [-0.15, -0.1) is 0 Å². The molecule has 0 aliphatic carbocycles. The monoisotopic (exact) mass is 462 g/mol. The van der Waals surface area contributed by atoms with Crippen LogP contribution in [-0.2, 0) is 19.6 Å². The predicted molar refractivity (Wildman–Crippen MR) is 122 cm³/mol. The second kappa shape index (κ2) is 10.3. The van der Waals surface area contributed by atoms with Crippen molar-refractivity contribution in [3.8, 4) is 11.5 Å². The summed E-state index contributed by atoms with van der Waals surface area (Å²) >= 11 is 0.